The van der Waals surface area contributed by atoms with Gasteiger partial charge in [-0.1, -0.05) is 5.16 Å². The minimum absolute atomic E-state index is 0.178. The van der Waals surface area contributed by atoms with Gasteiger partial charge in [-0.2, -0.15) is 0 Å². The van der Waals surface area contributed by atoms with E-state index >= 15 is 0 Å². The first-order chi connectivity index (χ1) is 10.5. The molecule has 8 heteroatoms. The first-order valence-electron chi connectivity index (χ1n) is 7.00. The van der Waals surface area contributed by atoms with Gasteiger partial charge in [0.1, 0.15) is 5.76 Å². The van der Waals surface area contributed by atoms with E-state index < -0.39 is 0 Å². The summed E-state index contributed by atoms with van der Waals surface area (Å²) in [5.74, 6) is 1.40. The van der Waals surface area contributed by atoms with E-state index in [2.05, 4.69) is 30.7 Å². The maximum Gasteiger partial charge on any atom is 0.254 e. The average molecular weight is 304 g/mol. The lowest BCUT2D eigenvalue weighted by Gasteiger charge is -2.09. The van der Waals surface area contributed by atoms with Crippen LogP contribution in [0.25, 0.3) is 0 Å². The second-order valence-electron chi connectivity index (χ2n) is 5.16. The monoisotopic (exact) mass is 304 g/mol. The Kier molecular flexibility index (Phi) is 5.42. The molecule has 0 aromatic carbocycles. The zero-order valence-electron chi connectivity index (χ0n) is 13.0. The van der Waals surface area contributed by atoms with E-state index in [9.17, 15) is 4.79 Å². The summed E-state index contributed by atoms with van der Waals surface area (Å²) in [5, 5.41) is 9.51. The topological polar surface area (TPSA) is 96.2 Å². The third-order valence-corrected chi connectivity index (χ3v) is 2.85. The quantitative estimate of drug-likeness (QED) is 0.742. The molecule has 2 aromatic heterocycles. The minimum atomic E-state index is -0.178. The van der Waals surface area contributed by atoms with Gasteiger partial charge in [0.25, 0.3) is 5.91 Å². The molecule has 0 aliphatic rings. The van der Waals surface area contributed by atoms with Crippen LogP contribution in [0.3, 0.4) is 0 Å². The van der Waals surface area contributed by atoms with Crippen molar-refractivity contribution in [3.8, 4) is 0 Å². The number of nitrogens with one attached hydrogen (secondary N) is 2. The number of carbonyl (C=O) groups excluding carboxylic acids is 1. The molecular weight excluding hydrogens is 284 g/mol. The molecule has 0 radical (unpaired) electrons. The molecular formula is C14H20N6O2. The molecule has 1 amide bonds. The molecule has 0 atom stereocenters. The van der Waals surface area contributed by atoms with Crippen LogP contribution in [0.5, 0.6) is 0 Å². The number of nitrogens with zero attached hydrogens (tertiary/aromatic N) is 4. The minimum Gasteiger partial charge on any atom is -0.360 e. The molecule has 0 unspecified atom stereocenters. The van der Waals surface area contributed by atoms with E-state index in [0.29, 0.717) is 29.6 Å². The summed E-state index contributed by atoms with van der Waals surface area (Å²) in [6, 6.07) is 1.73. The van der Waals surface area contributed by atoms with E-state index in [4.69, 9.17) is 4.52 Å². The van der Waals surface area contributed by atoms with Gasteiger partial charge in [-0.05, 0) is 34.0 Å². The second-order valence-corrected chi connectivity index (χ2v) is 5.16. The molecule has 2 aromatic rings. The van der Waals surface area contributed by atoms with Crippen molar-refractivity contribution in [2.24, 2.45) is 0 Å². The molecule has 8 nitrogen and oxygen atoms in total. The lowest BCUT2D eigenvalue weighted by Crippen LogP contribution is -2.27. The summed E-state index contributed by atoms with van der Waals surface area (Å²) < 4.78 is 4.93. The Labute approximate surface area is 128 Å². The standard InChI is InChI=1S/C14H20N6O2/c1-10-7-12(19-22-10)18-14-16-8-11(9-17-14)13(21)15-5-4-6-20(2)3/h7-9H,4-6H2,1-3H3,(H,15,21)(H,16,17,18,19). The number of carbonyl (C=O) groups is 1. The van der Waals surface area contributed by atoms with Gasteiger partial charge >= 0.3 is 0 Å². The predicted octanol–water partition coefficient (Wildman–Crippen LogP) is 1.20. The van der Waals surface area contributed by atoms with Crippen molar-refractivity contribution < 1.29 is 9.32 Å². The van der Waals surface area contributed by atoms with Crippen molar-refractivity contribution in [1.82, 2.24) is 25.3 Å². The molecule has 0 saturated heterocycles. The fourth-order valence-electron chi connectivity index (χ4n) is 1.75. The number of hydrogen-bond donors (Lipinski definition) is 2. The first kappa shape index (κ1) is 15.9. The van der Waals surface area contributed by atoms with Gasteiger partial charge in [0.05, 0.1) is 5.56 Å². The van der Waals surface area contributed by atoms with Gasteiger partial charge in [-0.3, -0.25) is 4.79 Å². The van der Waals surface area contributed by atoms with Crippen molar-refractivity contribution >= 4 is 17.7 Å². The summed E-state index contributed by atoms with van der Waals surface area (Å²) >= 11 is 0. The van der Waals surface area contributed by atoms with Gasteiger partial charge in [-0.25, -0.2) is 9.97 Å². The Hall–Kier alpha value is -2.48. The molecule has 0 saturated carbocycles. The molecule has 0 bridgehead atoms. The molecule has 0 aliphatic carbocycles. The zero-order chi connectivity index (χ0) is 15.9. The molecule has 118 valence electrons. The third-order valence-electron chi connectivity index (χ3n) is 2.85. The van der Waals surface area contributed by atoms with Crippen LogP contribution in [-0.2, 0) is 0 Å². The van der Waals surface area contributed by atoms with Crippen molar-refractivity contribution in [2.45, 2.75) is 13.3 Å². The van der Waals surface area contributed by atoms with Crippen LogP contribution in [0.2, 0.25) is 0 Å². The molecule has 2 rings (SSSR count). The zero-order valence-corrected chi connectivity index (χ0v) is 13.0. The molecule has 2 N–H and O–H groups in total. The highest BCUT2D eigenvalue weighted by Crippen LogP contribution is 2.12. The molecule has 22 heavy (non-hydrogen) atoms. The van der Waals surface area contributed by atoms with E-state index in [-0.39, 0.29) is 5.91 Å². The highest BCUT2D eigenvalue weighted by atomic mass is 16.5. The van der Waals surface area contributed by atoms with Gasteiger partial charge < -0.3 is 20.1 Å². The predicted molar refractivity (Wildman–Crippen MR) is 82.1 cm³/mol. The van der Waals surface area contributed by atoms with Crippen LogP contribution in [0.4, 0.5) is 11.8 Å². The van der Waals surface area contributed by atoms with Crippen molar-refractivity contribution in [3.05, 3.63) is 29.8 Å². The summed E-state index contributed by atoms with van der Waals surface area (Å²) in [6.07, 6.45) is 3.85. The second kappa shape index (κ2) is 7.51. The number of hydrogen-bond acceptors (Lipinski definition) is 7. The lowest BCUT2D eigenvalue weighted by molar-refractivity contribution is 0.0951. The average Bonchev–Trinajstić information content (AvgIpc) is 2.89. The maximum atomic E-state index is 11.9. The van der Waals surface area contributed by atoms with Crippen molar-refractivity contribution in [2.75, 3.05) is 32.5 Å². The molecule has 2 heterocycles. The number of aryl methyl sites for hydroxylation is 1. The van der Waals surface area contributed by atoms with E-state index in [1.807, 2.05) is 14.1 Å². The fraction of sp³-hybridized carbons (Fsp3) is 0.429. The summed E-state index contributed by atoms with van der Waals surface area (Å²) in [7, 11) is 4.00. The molecule has 0 fully saturated rings. The van der Waals surface area contributed by atoms with Crippen molar-refractivity contribution in [3.63, 3.8) is 0 Å². The van der Waals surface area contributed by atoms with Gasteiger partial charge in [0.15, 0.2) is 5.82 Å². The maximum absolute atomic E-state index is 11.9. The summed E-state index contributed by atoms with van der Waals surface area (Å²) in [4.78, 5) is 22.2. The number of amides is 1. The van der Waals surface area contributed by atoms with Gasteiger partial charge in [0.2, 0.25) is 5.95 Å². The smallest absolute Gasteiger partial charge is 0.254 e. The van der Waals surface area contributed by atoms with Crippen LogP contribution in [-0.4, -0.2) is 53.1 Å². The van der Waals surface area contributed by atoms with E-state index in [1.54, 1.807) is 13.0 Å². The summed E-state index contributed by atoms with van der Waals surface area (Å²) in [6.45, 7) is 3.34. The highest BCUT2D eigenvalue weighted by Gasteiger charge is 2.08. The Morgan fingerprint density at radius 3 is 2.64 bits per heavy atom. The molecule has 0 spiro atoms. The normalized spacial score (nSPS) is 10.7. The number of anilines is 2. The van der Waals surface area contributed by atoms with Crippen LogP contribution in [0, 0.1) is 6.92 Å². The Bertz CT molecular complexity index is 608. The van der Waals surface area contributed by atoms with Gasteiger partial charge in [0, 0.05) is 25.0 Å². The highest BCUT2D eigenvalue weighted by molar-refractivity contribution is 5.93. The van der Waals surface area contributed by atoms with E-state index in [0.717, 1.165) is 13.0 Å². The van der Waals surface area contributed by atoms with Crippen molar-refractivity contribution in [1.29, 1.82) is 0 Å². The summed E-state index contributed by atoms with van der Waals surface area (Å²) in [5.41, 5.74) is 0.423. The van der Waals surface area contributed by atoms with Crippen LogP contribution >= 0.6 is 0 Å². The van der Waals surface area contributed by atoms with Crippen LogP contribution in [0.15, 0.2) is 23.0 Å². The Morgan fingerprint density at radius 1 is 1.32 bits per heavy atom. The Balaban J connectivity index is 1.84. The molecule has 0 aliphatic heterocycles. The number of rotatable bonds is 7. The van der Waals surface area contributed by atoms with E-state index in [1.165, 1.54) is 12.4 Å². The van der Waals surface area contributed by atoms with Crippen LogP contribution in [0.1, 0.15) is 22.5 Å². The third kappa shape index (κ3) is 4.81. The number of aromatic nitrogens is 3. The SMILES string of the molecule is Cc1cc(Nc2ncc(C(=O)NCCCN(C)C)cn2)no1. The van der Waals surface area contributed by atoms with Gasteiger partial charge in [-0.15, -0.1) is 0 Å². The Morgan fingerprint density at radius 2 is 2.05 bits per heavy atom. The largest absolute Gasteiger partial charge is 0.360 e. The first-order valence-corrected chi connectivity index (χ1v) is 7.00. The fourth-order valence-corrected chi connectivity index (χ4v) is 1.75. The van der Waals surface area contributed by atoms with Crippen LogP contribution < -0.4 is 10.6 Å². The lowest BCUT2D eigenvalue weighted by atomic mass is 10.3.